The van der Waals surface area contributed by atoms with Gasteiger partial charge in [-0.15, -0.1) is 0 Å². The molecule has 0 atom stereocenters. The number of hydrogen-bond donors (Lipinski definition) is 1. The van der Waals surface area contributed by atoms with Crippen molar-refractivity contribution in [1.82, 2.24) is 10.2 Å². The third-order valence-corrected chi connectivity index (χ3v) is 3.44. The fourth-order valence-electron chi connectivity index (χ4n) is 2.28. The van der Waals surface area contributed by atoms with E-state index < -0.39 is 0 Å². The third-order valence-electron chi connectivity index (χ3n) is 3.44. The molecule has 21 heavy (non-hydrogen) atoms. The Morgan fingerprint density at radius 1 is 1.24 bits per heavy atom. The number of nitrogens with one attached hydrogen (secondary N) is 1. The van der Waals surface area contributed by atoms with E-state index in [0.29, 0.717) is 11.3 Å². The maximum atomic E-state index is 12.6. The van der Waals surface area contributed by atoms with Crippen molar-refractivity contribution in [2.75, 3.05) is 19.1 Å². The molecule has 1 amide bonds. The Kier molecular flexibility index (Phi) is 3.31. The second-order valence-corrected chi connectivity index (χ2v) is 4.71. The smallest absolute Gasteiger partial charge is 0.258 e. The Bertz CT molecular complexity index is 795. The van der Waals surface area contributed by atoms with Crippen molar-refractivity contribution in [3.8, 4) is 5.75 Å². The van der Waals surface area contributed by atoms with E-state index in [9.17, 15) is 4.79 Å². The van der Waals surface area contributed by atoms with E-state index in [-0.39, 0.29) is 5.91 Å². The minimum Gasteiger partial charge on any atom is -0.495 e. The van der Waals surface area contributed by atoms with Crippen molar-refractivity contribution in [1.29, 1.82) is 0 Å². The molecule has 5 nitrogen and oxygen atoms in total. The topological polar surface area (TPSA) is 58.2 Å². The molecule has 3 rings (SSSR count). The first-order valence-electron chi connectivity index (χ1n) is 6.55. The van der Waals surface area contributed by atoms with Gasteiger partial charge in [0.1, 0.15) is 5.75 Å². The predicted molar refractivity (Wildman–Crippen MR) is 81.8 cm³/mol. The molecule has 0 saturated carbocycles. The van der Waals surface area contributed by atoms with Crippen LogP contribution in [-0.2, 0) is 0 Å². The number of benzene rings is 2. The lowest BCUT2D eigenvalue weighted by molar-refractivity contribution is 0.0992. The summed E-state index contributed by atoms with van der Waals surface area (Å²) in [5.41, 5.74) is 2.17. The highest BCUT2D eigenvalue weighted by Gasteiger charge is 2.17. The number of para-hydroxylation sites is 2. The number of hydrogen-bond acceptors (Lipinski definition) is 3. The highest BCUT2D eigenvalue weighted by Crippen LogP contribution is 2.28. The summed E-state index contributed by atoms with van der Waals surface area (Å²) >= 11 is 0. The highest BCUT2D eigenvalue weighted by atomic mass is 16.5. The van der Waals surface area contributed by atoms with Crippen LogP contribution in [0.4, 0.5) is 5.69 Å². The number of fused-ring (bicyclic) bond motifs is 1. The van der Waals surface area contributed by atoms with Gasteiger partial charge in [0.15, 0.2) is 0 Å². The first-order valence-corrected chi connectivity index (χ1v) is 6.55. The number of methoxy groups -OCH3 is 1. The number of anilines is 1. The van der Waals surface area contributed by atoms with Crippen LogP contribution in [0.1, 0.15) is 10.4 Å². The summed E-state index contributed by atoms with van der Waals surface area (Å²) in [5.74, 6) is 0.562. The van der Waals surface area contributed by atoms with E-state index in [1.807, 2.05) is 30.3 Å². The fourth-order valence-corrected chi connectivity index (χ4v) is 2.28. The van der Waals surface area contributed by atoms with Crippen molar-refractivity contribution in [3.05, 3.63) is 54.2 Å². The number of ether oxygens (including phenoxy) is 1. The van der Waals surface area contributed by atoms with E-state index in [1.165, 1.54) is 0 Å². The zero-order chi connectivity index (χ0) is 14.8. The molecule has 0 aliphatic carbocycles. The summed E-state index contributed by atoms with van der Waals surface area (Å²) in [6.07, 6.45) is 1.73. The Balaban J connectivity index is 1.96. The minimum absolute atomic E-state index is 0.101. The number of nitrogens with zero attached hydrogens (tertiary/aromatic N) is 2. The summed E-state index contributed by atoms with van der Waals surface area (Å²) in [5, 5.41) is 7.81. The number of amides is 1. The lowest BCUT2D eigenvalue weighted by Crippen LogP contribution is -2.26. The van der Waals surface area contributed by atoms with Crippen molar-refractivity contribution < 1.29 is 9.53 Å². The number of aromatic amines is 1. The molecule has 0 spiro atoms. The number of aromatic nitrogens is 2. The lowest BCUT2D eigenvalue weighted by Gasteiger charge is -2.20. The Morgan fingerprint density at radius 3 is 2.86 bits per heavy atom. The summed E-state index contributed by atoms with van der Waals surface area (Å²) in [4.78, 5) is 14.2. The summed E-state index contributed by atoms with van der Waals surface area (Å²) in [7, 11) is 3.32. The molecule has 1 aromatic heterocycles. The summed E-state index contributed by atoms with van der Waals surface area (Å²) < 4.78 is 5.30. The average Bonchev–Trinajstić information content (AvgIpc) is 3.00. The van der Waals surface area contributed by atoms with Crippen LogP contribution in [0.2, 0.25) is 0 Å². The molecule has 0 aliphatic rings. The quantitative estimate of drug-likeness (QED) is 0.803. The lowest BCUT2D eigenvalue weighted by atomic mass is 10.1. The average molecular weight is 281 g/mol. The van der Waals surface area contributed by atoms with Gasteiger partial charge in [0, 0.05) is 18.0 Å². The van der Waals surface area contributed by atoms with Crippen molar-refractivity contribution in [2.24, 2.45) is 0 Å². The van der Waals surface area contributed by atoms with Crippen molar-refractivity contribution >= 4 is 22.5 Å². The van der Waals surface area contributed by atoms with E-state index in [0.717, 1.165) is 16.6 Å². The molecule has 3 aromatic rings. The predicted octanol–water partition coefficient (Wildman–Crippen LogP) is 2.85. The number of rotatable bonds is 3. The first kappa shape index (κ1) is 13.2. The Labute approximate surface area is 122 Å². The second-order valence-electron chi connectivity index (χ2n) is 4.71. The van der Waals surface area contributed by atoms with Crippen LogP contribution in [0, 0.1) is 0 Å². The minimum atomic E-state index is -0.101. The van der Waals surface area contributed by atoms with E-state index in [4.69, 9.17) is 4.74 Å². The van der Waals surface area contributed by atoms with Gasteiger partial charge in [-0.1, -0.05) is 18.2 Å². The van der Waals surface area contributed by atoms with Crippen LogP contribution in [0.15, 0.2) is 48.7 Å². The van der Waals surface area contributed by atoms with Crippen LogP contribution in [0.25, 0.3) is 10.9 Å². The molecule has 106 valence electrons. The SMILES string of the molecule is COc1ccccc1N(C)C(=O)c1ccc2cn[nH]c2c1. The molecule has 5 heteroatoms. The van der Waals surface area contributed by atoms with Crippen LogP contribution in [0.3, 0.4) is 0 Å². The van der Waals surface area contributed by atoms with E-state index >= 15 is 0 Å². The highest BCUT2D eigenvalue weighted by molar-refractivity contribution is 6.08. The molecule has 0 unspecified atom stereocenters. The molecule has 0 bridgehead atoms. The normalized spacial score (nSPS) is 10.6. The van der Waals surface area contributed by atoms with Crippen molar-refractivity contribution in [3.63, 3.8) is 0 Å². The molecular formula is C16H15N3O2. The summed E-state index contributed by atoms with van der Waals surface area (Å²) in [6, 6.07) is 12.9. The zero-order valence-electron chi connectivity index (χ0n) is 11.8. The molecule has 0 fully saturated rings. The standard InChI is InChI=1S/C16H15N3O2/c1-19(14-5-3-4-6-15(14)21-2)16(20)11-7-8-12-10-17-18-13(12)9-11/h3-10H,1-2H3,(H,17,18). The molecule has 0 aliphatic heterocycles. The van der Waals surface area contributed by atoms with E-state index in [2.05, 4.69) is 10.2 Å². The van der Waals surface area contributed by atoms with Crippen molar-refractivity contribution in [2.45, 2.75) is 0 Å². The first-order chi connectivity index (χ1) is 10.2. The number of carbonyl (C=O) groups is 1. The van der Waals surface area contributed by atoms with Gasteiger partial charge in [0.05, 0.1) is 24.5 Å². The third kappa shape index (κ3) is 2.33. The zero-order valence-corrected chi connectivity index (χ0v) is 11.8. The summed E-state index contributed by atoms with van der Waals surface area (Å²) in [6.45, 7) is 0. The van der Waals surface area contributed by atoms with Gasteiger partial charge in [-0.3, -0.25) is 9.89 Å². The maximum Gasteiger partial charge on any atom is 0.258 e. The largest absolute Gasteiger partial charge is 0.495 e. The van der Waals surface area contributed by atoms with Gasteiger partial charge in [0.2, 0.25) is 0 Å². The molecule has 2 aromatic carbocycles. The van der Waals surface area contributed by atoms with Gasteiger partial charge in [-0.05, 0) is 24.3 Å². The number of H-pyrrole nitrogens is 1. The van der Waals surface area contributed by atoms with Gasteiger partial charge < -0.3 is 9.64 Å². The maximum absolute atomic E-state index is 12.6. The van der Waals surface area contributed by atoms with Gasteiger partial charge in [-0.2, -0.15) is 5.10 Å². The molecule has 0 saturated heterocycles. The monoisotopic (exact) mass is 281 g/mol. The Hall–Kier alpha value is -2.82. The molecular weight excluding hydrogens is 266 g/mol. The fraction of sp³-hybridized carbons (Fsp3) is 0.125. The molecule has 1 heterocycles. The van der Waals surface area contributed by atoms with Crippen LogP contribution < -0.4 is 9.64 Å². The molecule has 0 radical (unpaired) electrons. The van der Waals surface area contributed by atoms with E-state index in [1.54, 1.807) is 37.4 Å². The number of carbonyl (C=O) groups excluding carboxylic acids is 1. The van der Waals surface area contributed by atoms with Crippen LogP contribution in [-0.4, -0.2) is 30.3 Å². The molecule has 1 N–H and O–H groups in total. The van der Waals surface area contributed by atoms with Gasteiger partial charge in [-0.25, -0.2) is 0 Å². The Morgan fingerprint density at radius 2 is 2.05 bits per heavy atom. The van der Waals surface area contributed by atoms with Crippen LogP contribution in [0.5, 0.6) is 5.75 Å². The second kappa shape index (κ2) is 5.28. The van der Waals surface area contributed by atoms with Gasteiger partial charge >= 0.3 is 0 Å². The van der Waals surface area contributed by atoms with Crippen LogP contribution >= 0.6 is 0 Å². The van der Waals surface area contributed by atoms with Gasteiger partial charge in [0.25, 0.3) is 5.91 Å².